The monoisotopic (exact) mass is 185 g/mol. The minimum absolute atomic E-state index is 0.622. The first-order valence-corrected chi connectivity index (χ1v) is 3.82. The van der Waals surface area contributed by atoms with Gasteiger partial charge in [0.1, 0.15) is 5.38 Å². The van der Waals surface area contributed by atoms with E-state index in [2.05, 4.69) is 0 Å². The lowest BCUT2D eigenvalue weighted by atomic mass is 10.1. The molecule has 0 saturated carbocycles. The number of halogens is 1. The molecular weight excluding hydrogens is 178 g/mol. The summed E-state index contributed by atoms with van der Waals surface area (Å²) in [5.74, 6) is -0.622. The predicted molar refractivity (Wildman–Crippen MR) is 45.0 cm³/mol. The van der Waals surface area contributed by atoms with Gasteiger partial charge >= 0.3 is 0 Å². The molecule has 0 spiro atoms. The Morgan fingerprint density at radius 2 is 2.00 bits per heavy atom. The molecule has 1 amide bonds. The van der Waals surface area contributed by atoms with Gasteiger partial charge in [-0.15, -0.1) is 11.6 Å². The standard InChI is InChI=1S/C8H8ClNO2/c9-7(8(11)10-12)6-4-2-1-3-5-6/h1-5,7,12H,(H,10,11). The van der Waals surface area contributed by atoms with Crippen molar-refractivity contribution >= 4 is 17.5 Å². The van der Waals surface area contributed by atoms with Gasteiger partial charge in [0.15, 0.2) is 0 Å². The number of benzene rings is 1. The molecule has 0 aromatic heterocycles. The van der Waals surface area contributed by atoms with Crippen LogP contribution in [0.1, 0.15) is 10.9 Å². The van der Waals surface area contributed by atoms with Gasteiger partial charge in [-0.2, -0.15) is 0 Å². The van der Waals surface area contributed by atoms with E-state index in [0.717, 1.165) is 0 Å². The first kappa shape index (κ1) is 9.03. The Morgan fingerprint density at radius 1 is 1.42 bits per heavy atom. The van der Waals surface area contributed by atoms with E-state index in [1.165, 1.54) is 5.48 Å². The van der Waals surface area contributed by atoms with E-state index in [1.54, 1.807) is 24.3 Å². The third-order valence-corrected chi connectivity index (χ3v) is 1.88. The minimum Gasteiger partial charge on any atom is -0.289 e. The van der Waals surface area contributed by atoms with Gasteiger partial charge in [-0.1, -0.05) is 30.3 Å². The molecule has 0 radical (unpaired) electrons. The Morgan fingerprint density at radius 3 is 2.50 bits per heavy atom. The first-order valence-electron chi connectivity index (χ1n) is 3.38. The lowest BCUT2D eigenvalue weighted by molar-refractivity contribution is -0.128. The molecule has 0 saturated heterocycles. The van der Waals surface area contributed by atoms with E-state index in [0.29, 0.717) is 5.56 Å². The van der Waals surface area contributed by atoms with Crippen molar-refractivity contribution in [2.75, 3.05) is 0 Å². The molecule has 0 aliphatic carbocycles. The minimum atomic E-state index is -0.837. The number of hydrogen-bond acceptors (Lipinski definition) is 2. The second-order valence-corrected chi connectivity index (χ2v) is 2.69. The number of rotatable bonds is 2. The molecule has 0 fully saturated rings. The summed E-state index contributed by atoms with van der Waals surface area (Å²) in [6.45, 7) is 0. The largest absolute Gasteiger partial charge is 0.289 e. The lowest BCUT2D eigenvalue weighted by Crippen LogP contribution is -2.23. The van der Waals surface area contributed by atoms with Crippen LogP contribution in [-0.4, -0.2) is 11.1 Å². The fourth-order valence-electron chi connectivity index (χ4n) is 0.830. The smallest absolute Gasteiger partial charge is 0.265 e. The highest BCUT2D eigenvalue weighted by Gasteiger charge is 2.15. The summed E-state index contributed by atoms with van der Waals surface area (Å²) in [7, 11) is 0. The molecule has 0 aliphatic rings. The van der Waals surface area contributed by atoms with Gasteiger partial charge in [-0.3, -0.25) is 10.0 Å². The molecule has 12 heavy (non-hydrogen) atoms. The molecular formula is C8H8ClNO2. The lowest BCUT2D eigenvalue weighted by Gasteiger charge is -2.05. The zero-order chi connectivity index (χ0) is 8.97. The van der Waals surface area contributed by atoms with Gasteiger partial charge < -0.3 is 0 Å². The van der Waals surface area contributed by atoms with Crippen LogP contribution in [0, 0.1) is 0 Å². The average molecular weight is 186 g/mol. The predicted octanol–water partition coefficient (Wildman–Crippen LogP) is 1.47. The molecule has 0 aliphatic heterocycles. The molecule has 0 bridgehead atoms. The summed E-state index contributed by atoms with van der Waals surface area (Å²) < 4.78 is 0. The number of carbonyl (C=O) groups is 1. The summed E-state index contributed by atoms with van der Waals surface area (Å²) in [5.41, 5.74) is 2.15. The average Bonchev–Trinajstić information content (AvgIpc) is 2.17. The third kappa shape index (κ3) is 1.96. The van der Waals surface area contributed by atoms with Crippen molar-refractivity contribution in [3.8, 4) is 0 Å². The number of hydroxylamine groups is 1. The molecule has 1 aromatic rings. The molecule has 1 unspecified atom stereocenters. The molecule has 3 nitrogen and oxygen atoms in total. The Kier molecular flexibility index (Phi) is 3.08. The maximum atomic E-state index is 10.8. The zero-order valence-corrected chi connectivity index (χ0v) is 6.95. The van der Waals surface area contributed by atoms with Crippen molar-refractivity contribution in [3.05, 3.63) is 35.9 Å². The Bertz CT molecular complexity index is 263. The fourth-order valence-corrected chi connectivity index (χ4v) is 1.02. The van der Waals surface area contributed by atoms with Crippen molar-refractivity contribution < 1.29 is 10.0 Å². The van der Waals surface area contributed by atoms with Crippen molar-refractivity contribution in [1.82, 2.24) is 5.48 Å². The second-order valence-electron chi connectivity index (χ2n) is 2.25. The molecule has 0 heterocycles. The molecule has 2 N–H and O–H groups in total. The maximum absolute atomic E-state index is 10.8. The summed E-state index contributed by atoms with van der Waals surface area (Å²) in [6, 6.07) is 8.80. The van der Waals surface area contributed by atoms with Crippen LogP contribution in [0.5, 0.6) is 0 Å². The number of amides is 1. The van der Waals surface area contributed by atoms with Crippen LogP contribution in [0.25, 0.3) is 0 Å². The van der Waals surface area contributed by atoms with Crippen LogP contribution in [0.4, 0.5) is 0 Å². The highest BCUT2D eigenvalue weighted by Crippen LogP contribution is 2.19. The van der Waals surface area contributed by atoms with Gasteiger partial charge in [-0.25, -0.2) is 5.48 Å². The zero-order valence-electron chi connectivity index (χ0n) is 6.20. The molecule has 4 heteroatoms. The van der Waals surface area contributed by atoms with Gasteiger partial charge in [0, 0.05) is 0 Å². The SMILES string of the molecule is O=C(NO)C(Cl)c1ccccc1. The maximum Gasteiger partial charge on any atom is 0.265 e. The van der Waals surface area contributed by atoms with E-state index in [9.17, 15) is 4.79 Å². The van der Waals surface area contributed by atoms with E-state index >= 15 is 0 Å². The molecule has 1 atom stereocenters. The molecule has 64 valence electrons. The number of nitrogens with one attached hydrogen (secondary N) is 1. The molecule has 1 rings (SSSR count). The van der Waals surface area contributed by atoms with Gasteiger partial charge in [-0.05, 0) is 5.56 Å². The van der Waals surface area contributed by atoms with Gasteiger partial charge in [0.05, 0.1) is 0 Å². The van der Waals surface area contributed by atoms with Crippen molar-refractivity contribution in [2.24, 2.45) is 0 Å². The number of hydrogen-bond donors (Lipinski definition) is 2. The topological polar surface area (TPSA) is 49.3 Å². The van der Waals surface area contributed by atoms with Crippen LogP contribution in [0.15, 0.2) is 30.3 Å². The van der Waals surface area contributed by atoms with Gasteiger partial charge in [0.25, 0.3) is 5.91 Å². The van der Waals surface area contributed by atoms with E-state index in [4.69, 9.17) is 16.8 Å². The van der Waals surface area contributed by atoms with Crippen molar-refractivity contribution in [2.45, 2.75) is 5.38 Å². The van der Waals surface area contributed by atoms with E-state index < -0.39 is 11.3 Å². The van der Waals surface area contributed by atoms with Crippen LogP contribution in [0.2, 0.25) is 0 Å². The second kappa shape index (κ2) is 4.09. The third-order valence-electron chi connectivity index (χ3n) is 1.43. The quantitative estimate of drug-likeness (QED) is 0.417. The first-order chi connectivity index (χ1) is 5.75. The Balaban J connectivity index is 2.78. The highest BCUT2D eigenvalue weighted by molar-refractivity contribution is 6.30. The van der Waals surface area contributed by atoms with Crippen molar-refractivity contribution in [1.29, 1.82) is 0 Å². The summed E-state index contributed by atoms with van der Waals surface area (Å²) in [4.78, 5) is 10.8. The Hall–Kier alpha value is -1.06. The number of carbonyl (C=O) groups excluding carboxylic acids is 1. The Labute approximate surface area is 74.9 Å². The van der Waals surface area contributed by atoms with Crippen LogP contribution in [0.3, 0.4) is 0 Å². The summed E-state index contributed by atoms with van der Waals surface area (Å²) in [5, 5.41) is 7.45. The van der Waals surface area contributed by atoms with Crippen molar-refractivity contribution in [3.63, 3.8) is 0 Å². The number of alkyl halides is 1. The molecule has 1 aromatic carbocycles. The highest BCUT2D eigenvalue weighted by atomic mass is 35.5. The van der Waals surface area contributed by atoms with Crippen LogP contribution < -0.4 is 5.48 Å². The fraction of sp³-hybridized carbons (Fsp3) is 0.125. The summed E-state index contributed by atoms with van der Waals surface area (Å²) >= 11 is 5.68. The summed E-state index contributed by atoms with van der Waals surface area (Å²) in [6.07, 6.45) is 0. The van der Waals surface area contributed by atoms with Crippen LogP contribution in [-0.2, 0) is 4.79 Å². The van der Waals surface area contributed by atoms with Gasteiger partial charge in [0.2, 0.25) is 0 Å². The normalized spacial score (nSPS) is 12.2. The van der Waals surface area contributed by atoms with E-state index in [1.807, 2.05) is 6.07 Å². The van der Waals surface area contributed by atoms with Crippen LogP contribution >= 0.6 is 11.6 Å². The van der Waals surface area contributed by atoms with E-state index in [-0.39, 0.29) is 0 Å².